The van der Waals surface area contributed by atoms with Crippen molar-refractivity contribution in [3.8, 4) is 11.3 Å². The quantitative estimate of drug-likeness (QED) is 0.638. The van der Waals surface area contributed by atoms with Crippen LogP contribution >= 0.6 is 11.6 Å². The number of ether oxygens (including phenoxy) is 1. The molecule has 5 nitrogen and oxygen atoms in total. The van der Waals surface area contributed by atoms with E-state index < -0.39 is 13.0 Å². The standard InChI is InChI=1S/C21H18ClF2N3O2/c22-14-3-1-2-12(6-14)20-17-7-13(4-5-18(17)27(25-20)10-19(23)24)21(28)26-9-16-8-15(26)11-29-16/h1-7,15-16,19H,8-11H2/t15-,16+/m0/s1. The van der Waals surface area contributed by atoms with Crippen LogP contribution in [0, 0.1) is 0 Å². The van der Waals surface area contributed by atoms with Gasteiger partial charge in [0.05, 0.1) is 24.3 Å². The Hall–Kier alpha value is -2.51. The molecule has 2 aliphatic rings. The van der Waals surface area contributed by atoms with Crippen LogP contribution in [-0.4, -0.2) is 52.3 Å². The number of rotatable bonds is 4. The van der Waals surface area contributed by atoms with Crippen molar-refractivity contribution < 1.29 is 18.3 Å². The van der Waals surface area contributed by atoms with Gasteiger partial charge in [0.2, 0.25) is 0 Å². The van der Waals surface area contributed by atoms with Gasteiger partial charge in [-0.15, -0.1) is 0 Å². The number of nitrogens with zero attached hydrogens (tertiary/aromatic N) is 3. The highest BCUT2D eigenvalue weighted by atomic mass is 35.5. The van der Waals surface area contributed by atoms with E-state index in [9.17, 15) is 13.6 Å². The van der Waals surface area contributed by atoms with Gasteiger partial charge in [-0.05, 0) is 36.8 Å². The number of halogens is 3. The first-order chi connectivity index (χ1) is 14.0. The Morgan fingerprint density at radius 1 is 1.28 bits per heavy atom. The van der Waals surface area contributed by atoms with Crippen molar-refractivity contribution in [1.82, 2.24) is 14.7 Å². The van der Waals surface area contributed by atoms with E-state index in [2.05, 4.69) is 5.10 Å². The van der Waals surface area contributed by atoms with Crippen LogP contribution in [0.5, 0.6) is 0 Å². The van der Waals surface area contributed by atoms with Crippen molar-refractivity contribution in [3.05, 3.63) is 53.1 Å². The maximum absolute atomic E-state index is 13.1. The summed E-state index contributed by atoms with van der Waals surface area (Å²) in [6, 6.07) is 12.3. The summed E-state index contributed by atoms with van der Waals surface area (Å²) in [4.78, 5) is 14.9. The summed E-state index contributed by atoms with van der Waals surface area (Å²) in [7, 11) is 0. The molecular weight excluding hydrogens is 400 g/mol. The Labute approximate surface area is 170 Å². The molecule has 0 radical (unpaired) electrons. The maximum atomic E-state index is 13.1. The third-order valence-corrected chi connectivity index (χ3v) is 5.80. The van der Waals surface area contributed by atoms with Crippen molar-refractivity contribution in [2.75, 3.05) is 13.2 Å². The molecule has 2 aliphatic heterocycles. The molecule has 0 saturated carbocycles. The summed E-state index contributed by atoms with van der Waals surface area (Å²) in [6.07, 6.45) is -1.55. The number of carbonyl (C=O) groups is 1. The lowest BCUT2D eigenvalue weighted by Gasteiger charge is -2.27. The molecule has 2 fully saturated rings. The first kappa shape index (κ1) is 18.5. The summed E-state index contributed by atoms with van der Waals surface area (Å²) in [6.45, 7) is 0.643. The number of amides is 1. The maximum Gasteiger partial charge on any atom is 0.257 e. The van der Waals surface area contributed by atoms with E-state index in [-0.39, 0.29) is 18.1 Å². The first-order valence-electron chi connectivity index (χ1n) is 9.47. The third kappa shape index (κ3) is 3.28. The number of morpholine rings is 1. The molecule has 1 amide bonds. The van der Waals surface area contributed by atoms with E-state index >= 15 is 0 Å². The van der Waals surface area contributed by atoms with Crippen LogP contribution in [0.3, 0.4) is 0 Å². The second-order valence-corrected chi connectivity index (χ2v) is 7.90. The third-order valence-electron chi connectivity index (χ3n) is 5.57. The topological polar surface area (TPSA) is 47.4 Å². The fourth-order valence-corrected chi connectivity index (χ4v) is 4.44. The van der Waals surface area contributed by atoms with Gasteiger partial charge in [0.25, 0.3) is 12.3 Å². The number of aromatic nitrogens is 2. The minimum Gasteiger partial charge on any atom is -0.374 e. The first-order valence-corrected chi connectivity index (χ1v) is 9.84. The molecule has 1 aromatic heterocycles. The molecular formula is C21H18ClF2N3O2. The van der Waals surface area contributed by atoms with Gasteiger partial charge >= 0.3 is 0 Å². The SMILES string of the molecule is O=C(c1ccc2c(c1)c(-c1cccc(Cl)c1)nn2CC(F)F)N1C[C@H]2C[C@H]1CO2. The van der Waals surface area contributed by atoms with Crippen LogP contribution in [-0.2, 0) is 11.3 Å². The largest absolute Gasteiger partial charge is 0.374 e. The van der Waals surface area contributed by atoms with Crippen molar-refractivity contribution in [2.24, 2.45) is 0 Å². The molecule has 3 heterocycles. The highest BCUT2D eigenvalue weighted by Crippen LogP contribution is 2.33. The monoisotopic (exact) mass is 417 g/mol. The summed E-state index contributed by atoms with van der Waals surface area (Å²) in [5.41, 5.74) is 2.32. The molecule has 0 aliphatic carbocycles. The minimum absolute atomic E-state index is 0.0682. The van der Waals surface area contributed by atoms with E-state index in [1.807, 2.05) is 11.0 Å². The number of hydrogen-bond donors (Lipinski definition) is 0. The summed E-state index contributed by atoms with van der Waals surface area (Å²) in [5, 5.41) is 5.59. The Morgan fingerprint density at radius 3 is 2.83 bits per heavy atom. The van der Waals surface area contributed by atoms with E-state index in [1.165, 1.54) is 4.68 Å². The average Bonchev–Trinajstić information content (AvgIpc) is 3.41. The van der Waals surface area contributed by atoms with Crippen LogP contribution in [0.25, 0.3) is 22.2 Å². The summed E-state index contributed by atoms with van der Waals surface area (Å²) in [5.74, 6) is -0.0682. The van der Waals surface area contributed by atoms with Gasteiger partial charge in [0.15, 0.2) is 0 Å². The van der Waals surface area contributed by atoms with E-state index in [1.54, 1.807) is 36.4 Å². The second kappa shape index (κ2) is 7.07. The molecule has 150 valence electrons. The lowest BCUT2D eigenvalue weighted by molar-refractivity contribution is 0.0259. The predicted octanol–water partition coefficient (Wildman–Crippen LogP) is 4.24. The highest BCUT2D eigenvalue weighted by Gasteiger charge is 2.41. The Bertz CT molecular complexity index is 1100. The van der Waals surface area contributed by atoms with Crippen molar-refractivity contribution in [1.29, 1.82) is 0 Å². The zero-order valence-electron chi connectivity index (χ0n) is 15.4. The summed E-state index contributed by atoms with van der Waals surface area (Å²) >= 11 is 6.11. The van der Waals surface area contributed by atoms with Crippen LogP contribution < -0.4 is 0 Å². The fourth-order valence-electron chi connectivity index (χ4n) is 4.25. The Kier molecular flexibility index (Phi) is 4.52. The number of carbonyl (C=O) groups excluding carboxylic acids is 1. The molecule has 0 spiro atoms. The van der Waals surface area contributed by atoms with Crippen LogP contribution in [0.15, 0.2) is 42.5 Å². The van der Waals surface area contributed by atoms with Gasteiger partial charge in [0.1, 0.15) is 12.2 Å². The molecule has 0 unspecified atom stereocenters. The summed E-state index contributed by atoms with van der Waals surface area (Å²) < 4.78 is 33.0. The van der Waals surface area contributed by atoms with Crippen LogP contribution in [0.4, 0.5) is 8.78 Å². The minimum atomic E-state index is -2.54. The van der Waals surface area contributed by atoms with Crippen molar-refractivity contribution in [2.45, 2.75) is 31.5 Å². The normalized spacial score (nSPS) is 20.9. The molecule has 2 atom stereocenters. The number of alkyl halides is 2. The lowest BCUT2D eigenvalue weighted by Crippen LogP contribution is -2.41. The Balaban J connectivity index is 1.60. The average molecular weight is 418 g/mol. The van der Waals surface area contributed by atoms with Gasteiger partial charge in [-0.2, -0.15) is 5.10 Å². The van der Waals surface area contributed by atoms with E-state index in [0.29, 0.717) is 45.9 Å². The molecule has 0 N–H and O–H groups in total. The zero-order valence-corrected chi connectivity index (χ0v) is 16.1. The van der Waals surface area contributed by atoms with Gasteiger partial charge in [-0.1, -0.05) is 23.7 Å². The van der Waals surface area contributed by atoms with E-state index in [4.69, 9.17) is 16.3 Å². The highest BCUT2D eigenvalue weighted by molar-refractivity contribution is 6.30. The number of likely N-dealkylation sites (tertiary alicyclic amines) is 1. The predicted molar refractivity (Wildman–Crippen MR) is 105 cm³/mol. The Morgan fingerprint density at radius 2 is 2.14 bits per heavy atom. The van der Waals surface area contributed by atoms with E-state index in [0.717, 1.165) is 6.42 Å². The molecule has 8 heteroatoms. The van der Waals surface area contributed by atoms with Gasteiger partial charge in [-0.3, -0.25) is 9.48 Å². The van der Waals surface area contributed by atoms with Crippen LogP contribution in [0.1, 0.15) is 16.8 Å². The molecule has 2 saturated heterocycles. The van der Waals surface area contributed by atoms with Crippen molar-refractivity contribution >= 4 is 28.4 Å². The fraction of sp³-hybridized carbons (Fsp3) is 0.333. The van der Waals surface area contributed by atoms with Crippen LogP contribution in [0.2, 0.25) is 5.02 Å². The molecule has 2 bridgehead atoms. The zero-order chi connectivity index (χ0) is 20.1. The molecule has 3 aromatic rings. The lowest BCUT2D eigenvalue weighted by atomic mass is 10.0. The van der Waals surface area contributed by atoms with Gasteiger partial charge in [0, 0.05) is 28.1 Å². The molecule has 29 heavy (non-hydrogen) atoms. The van der Waals surface area contributed by atoms with Crippen molar-refractivity contribution in [3.63, 3.8) is 0 Å². The number of fused-ring (bicyclic) bond motifs is 3. The van der Waals surface area contributed by atoms with Gasteiger partial charge in [-0.25, -0.2) is 8.78 Å². The smallest absolute Gasteiger partial charge is 0.257 e. The molecule has 5 rings (SSSR count). The number of benzene rings is 2. The van der Waals surface area contributed by atoms with Gasteiger partial charge < -0.3 is 9.64 Å². The number of hydrogen-bond acceptors (Lipinski definition) is 3. The molecule has 2 aromatic carbocycles. The second-order valence-electron chi connectivity index (χ2n) is 7.47.